The number of hydrogen-bond donors (Lipinski definition) is 0. The Hall–Kier alpha value is -1.45. The molecule has 1 aromatic heterocycles. The van der Waals surface area contributed by atoms with E-state index in [1.807, 2.05) is 6.92 Å². The average Bonchev–Trinajstić information content (AvgIpc) is 2.08. The Morgan fingerprint density at radius 2 is 2.08 bits per heavy atom. The summed E-state index contributed by atoms with van der Waals surface area (Å²) in [6, 6.07) is 0.356. The van der Waals surface area contributed by atoms with Crippen LogP contribution in [0.3, 0.4) is 0 Å². The van der Waals surface area contributed by atoms with E-state index in [2.05, 4.69) is 9.97 Å². The van der Waals surface area contributed by atoms with Crippen molar-refractivity contribution >= 4 is 5.78 Å². The van der Waals surface area contributed by atoms with Crippen LogP contribution in [-0.4, -0.2) is 22.4 Å². The maximum Gasteiger partial charge on any atom is 0.316 e. The molecule has 0 aliphatic rings. The van der Waals surface area contributed by atoms with Gasteiger partial charge in [-0.2, -0.15) is 0 Å². The Labute approximate surface area is 77.0 Å². The van der Waals surface area contributed by atoms with Gasteiger partial charge in [0.15, 0.2) is 0 Å². The van der Waals surface area contributed by atoms with Crippen molar-refractivity contribution in [1.82, 2.24) is 9.97 Å². The van der Waals surface area contributed by atoms with Crippen molar-refractivity contribution in [3.05, 3.63) is 18.0 Å². The highest BCUT2D eigenvalue weighted by atomic mass is 16.5. The van der Waals surface area contributed by atoms with Crippen molar-refractivity contribution in [2.75, 3.05) is 6.61 Å². The molecule has 0 saturated carbocycles. The number of rotatable bonds is 4. The summed E-state index contributed by atoms with van der Waals surface area (Å²) >= 11 is 0. The zero-order chi connectivity index (χ0) is 9.68. The fraction of sp³-hybridized carbons (Fsp3) is 0.444. The van der Waals surface area contributed by atoms with E-state index in [9.17, 15) is 4.79 Å². The second kappa shape index (κ2) is 4.54. The van der Waals surface area contributed by atoms with Gasteiger partial charge in [-0.05, 0) is 19.4 Å². The SMILES string of the molecule is CCOc1ncc(CC(C)=O)cn1. The lowest BCUT2D eigenvalue weighted by Crippen LogP contribution is -2.01. The first-order chi connectivity index (χ1) is 6.22. The third-order valence-electron chi connectivity index (χ3n) is 1.41. The van der Waals surface area contributed by atoms with Crippen LogP contribution in [-0.2, 0) is 11.2 Å². The highest BCUT2D eigenvalue weighted by Crippen LogP contribution is 2.03. The van der Waals surface area contributed by atoms with Gasteiger partial charge in [-0.3, -0.25) is 4.79 Å². The van der Waals surface area contributed by atoms with Crippen LogP contribution in [0.15, 0.2) is 12.4 Å². The summed E-state index contributed by atoms with van der Waals surface area (Å²) in [6.45, 7) is 3.95. The molecule has 0 spiro atoms. The highest BCUT2D eigenvalue weighted by molar-refractivity contribution is 5.77. The molecule has 0 fully saturated rings. The normalized spacial score (nSPS) is 9.69. The van der Waals surface area contributed by atoms with Gasteiger partial charge in [0.05, 0.1) is 6.61 Å². The van der Waals surface area contributed by atoms with Crippen LogP contribution in [0.4, 0.5) is 0 Å². The van der Waals surface area contributed by atoms with Gasteiger partial charge in [-0.1, -0.05) is 0 Å². The van der Waals surface area contributed by atoms with Gasteiger partial charge in [0.25, 0.3) is 0 Å². The average molecular weight is 180 g/mol. The molecule has 0 N–H and O–H groups in total. The van der Waals surface area contributed by atoms with E-state index < -0.39 is 0 Å². The van der Waals surface area contributed by atoms with E-state index in [4.69, 9.17) is 4.74 Å². The standard InChI is InChI=1S/C9H12N2O2/c1-3-13-9-10-5-8(6-11-9)4-7(2)12/h5-6H,3-4H2,1-2H3. The van der Waals surface area contributed by atoms with Crippen molar-refractivity contribution in [2.24, 2.45) is 0 Å². The first-order valence-corrected chi connectivity index (χ1v) is 4.15. The van der Waals surface area contributed by atoms with E-state index in [1.54, 1.807) is 12.4 Å². The topological polar surface area (TPSA) is 52.1 Å². The lowest BCUT2D eigenvalue weighted by molar-refractivity contribution is -0.116. The molecule has 0 atom stereocenters. The van der Waals surface area contributed by atoms with Crippen molar-refractivity contribution < 1.29 is 9.53 Å². The smallest absolute Gasteiger partial charge is 0.316 e. The van der Waals surface area contributed by atoms with E-state index >= 15 is 0 Å². The van der Waals surface area contributed by atoms with Gasteiger partial charge < -0.3 is 4.74 Å². The summed E-state index contributed by atoms with van der Waals surface area (Å²) in [5.41, 5.74) is 0.816. The highest BCUT2D eigenvalue weighted by Gasteiger charge is 1.99. The molecule has 1 rings (SSSR count). The molecule has 4 heteroatoms. The zero-order valence-corrected chi connectivity index (χ0v) is 7.78. The maximum absolute atomic E-state index is 10.7. The first-order valence-electron chi connectivity index (χ1n) is 4.15. The third kappa shape index (κ3) is 3.19. The quantitative estimate of drug-likeness (QED) is 0.693. The van der Waals surface area contributed by atoms with Crippen molar-refractivity contribution in [3.63, 3.8) is 0 Å². The van der Waals surface area contributed by atoms with Crippen LogP contribution in [0.25, 0.3) is 0 Å². The van der Waals surface area contributed by atoms with E-state index in [1.165, 1.54) is 6.92 Å². The number of aromatic nitrogens is 2. The molecule has 13 heavy (non-hydrogen) atoms. The molecule has 0 unspecified atom stereocenters. The van der Waals surface area contributed by atoms with E-state index in [0.29, 0.717) is 19.0 Å². The lowest BCUT2D eigenvalue weighted by Gasteiger charge is -2.00. The Bertz CT molecular complexity index is 282. The maximum atomic E-state index is 10.7. The van der Waals surface area contributed by atoms with Crippen molar-refractivity contribution in [1.29, 1.82) is 0 Å². The molecular weight excluding hydrogens is 168 g/mol. The van der Waals surface area contributed by atoms with Gasteiger partial charge in [-0.25, -0.2) is 9.97 Å². The molecule has 70 valence electrons. The second-order valence-corrected chi connectivity index (χ2v) is 2.69. The molecule has 0 amide bonds. The Morgan fingerprint density at radius 1 is 1.46 bits per heavy atom. The van der Waals surface area contributed by atoms with Crippen LogP contribution in [0.1, 0.15) is 19.4 Å². The van der Waals surface area contributed by atoms with Gasteiger partial charge in [-0.15, -0.1) is 0 Å². The Morgan fingerprint density at radius 3 is 2.54 bits per heavy atom. The Kier molecular flexibility index (Phi) is 3.37. The summed E-state index contributed by atoms with van der Waals surface area (Å²) < 4.78 is 5.06. The molecule has 0 aromatic carbocycles. The summed E-state index contributed by atoms with van der Waals surface area (Å²) in [5, 5.41) is 0. The second-order valence-electron chi connectivity index (χ2n) is 2.69. The van der Waals surface area contributed by atoms with Gasteiger partial charge in [0.2, 0.25) is 0 Å². The minimum absolute atomic E-state index is 0.104. The van der Waals surface area contributed by atoms with Crippen LogP contribution < -0.4 is 4.74 Å². The summed E-state index contributed by atoms with van der Waals surface area (Å²) in [6.07, 6.45) is 3.60. The largest absolute Gasteiger partial charge is 0.464 e. The van der Waals surface area contributed by atoms with Gasteiger partial charge in [0.1, 0.15) is 5.78 Å². The minimum Gasteiger partial charge on any atom is -0.464 e. The number of ether oxygens (including phenoxy) is 1. The number of carbonyl (C=O) groups excluding carboxylic acids is 1. The lowest BCUT2D eigenvalue weighted by atomic mass is 10.2. The molecule has 0 radical (unpaired) electrons. The van der Waals surface area contributed by atoms with Crippen LogP contribution >= 0.6 is 0 Å². The van der Waals surface area contributed by atoms with Crippen LogP contribution in [0, 0.1) is 0 Å². The van der Waals surface area contributed by atoms with E-state index in [0.717, 1.165) is 5.56 Å². The van der Waals surface area contributed by atoms with Crippen LogP contribution in [0.2, 0.25) is 0 Å². The third-order valence-corrected chi connectivity index (χ3v) is 1.41. The number of Topliss-reactive ketones (excluding diaryl/α,β-unsaturated/α-hetero) is 1. The molecule has 0 aliphatic heterocycles. The fourth-order valence-corrected chi connectivity index (χ4v) is 0.925. The number of hydrogen-bond acceptors (Lipinski definition) is 4. The first kappa shape index (κ1) is 9.64. The molecular formula is C9H12N2O2. The van der Waals surface area contributed by atoms with Crippen molar-refractivity contribution in [3.8, 4) is 6.01 Å². The molecule has 0 aliphatic carbocycles. The summed E-state index contributed by atoms with van der Waals surface area (Å²) in [4.78, 5) is 18.6. The molecule has 0 saturated heterocycles. The monoisotopic (exact) mass is 180 g/mol. The van der Waals surface area contributed by atoms with E-state index in [-0.39, 0.29) is 5.78 Å². The molecule has 0 bridgehead atoms. The van der Waals surface area contributed by atoms with Crippen molar-refractivity contribution in [2.45, 2.75) is 20.3 Å². The fourth-order valence-electron chi connectivity index (χ4n) is 0.925. The zero-order valence-electron chi connectivity index (χ0n) is 7.78. The predicted octanol–water partition coefficient (Wildman–Crippen LogP) is 1.01. The number of carbonyl (C=O) groups is 1. The molecule has 1 heterocycles. The van der Waals surface area contributed by atoms with Gasteiger partial charge in [0, 0.05) is 18.8 Å². The van der Waals surface area contributed by atoms with Gasteiger partial charge >= 0.3 is 6.01 Å². The molecule has 1 aromatic rings. The Balaban J connectivity index is 2.64. The summed E-state index contributed by atoms with van der Waals surface area (Å²) in [5.74, 6) is 0.104. The number of nitrogens with zero attached hydrogens (tertiary/aromatic N) is 2. The number of ketones is 1. The molecule has 4 nitrogen and oxygen atoms in total. The van der Waals surface area contributed by atoms with Crippen LogP contribution in [0.5, 0.6) is 6.01 Å². The predicted molar refractivity (Wildman–Crippen MR) is 47.6 cm³/mol. The summed E-state index contributed by atoms with van der Waals surface area (Å²) in [7, 11) is 0. The minimum atomic E-state index is 0.104.